The Morgan fingerprint density at radius 3 is 2.28 bits per heavy atom. The van der Waals surface area contributed by atoms with E-state index in [9.17, 15) is 8.42 Å². The fourth-order valence-electron chi connectivity index (χ4n) is 2.37. The van der Waals surface area contributed by atoms with Crippen molar-refractivity contribution in [1.82, 2.24) is 15.4 Å². The Balaban J connectivity index is 0.00000420. The van der Waals surface area contributed by atoms with Crippen LogP contribution in [0.15, 0.2) is 64.5 Å². The predicted molar refractivity (Wildman–Crippen MR) is 128 cm³/mol. The number of para-hydroxylation sites is 1. The maximum absolute atomic E-state index is 12.2. The molecule has 0 atom stereocenters. The van der Waals surface area contributed by atoms with Crippen LogP contribution in [0.5, 0.6) is 5.75 Å². The lowest BCUT2D eigenvalue weighted by atomic mass is 10.2. The third-order valence-corrected chi connectivity index (χ3v) is 5.37. The molecule has 29 heavy (non-hydrogen) atoms. The van der Waals surface area contributed by atoms with Crippen molar-refractivity contribution in [2.75, 3.05) is 33.3 Å². The summed E-state index contributed by atoms with van der Waals surface area (Å²) in [5.74, 6) is 1.47. The van der Waals surface area contributed by atoms with Gasteiger partial charge in [0.05, 0.1) is 11.5 Å². The third-order valence-electron chi connectivity index (χ3n) is 3.89. The number of benzene rings is 2. The van der Waals surface area contributed by atoms with Gasteiger partial charge in [0.15, 0.2) is 5.96 Å². The molecule has 0 saturated carbocycles. The van der Waals surface area contributed by atoms with Gasteiger partial charge in [-0.25, -0.2) is 13.1 Å². The molecule has 2 rings (SSSR count). The number of guanidine groups is 1. The summed E-state index contributed by atoms with van der Waals surface area (Å²) in [7, 11) is -1.83. The number of aliphatic imine (C=N–C) groups is 1. The lowest BCUT2D eigenvalue weighted by Crippen LogP contribution is -2.42. The van der Waals surface area contributed by atoms with E-state index in [1.54, 1.807) is 31.3 Å². The second kappa shape index (κ2) is 13.4. The molecule has 2 aromatic rings. The van der Waals surface area contributed by atoms with Gasteiger partial charge in [-0.1, -0.05) is 35.9 Å². The Morgan fingerprint density at radius 2 is 1.62 bits per heavy atom. The second-order valence-electron chi connectivity index (χ2n) is 6.15. The number of hydrogen-bond acceptors (Lipinski definition) is 4. The molecule has 3 N–H and O–H groups in total. The molecule has 2 aromatic carbocycles. The quantitative estimate of drug-likeness (QED) is 0.189. The molecule has 0 saturated heterocycles. The van der Waals surface area contributed by atoms with Gasteiger partial charge in [-0.2, -0.15) is 0 Å². The Hall–Kier alpha value is -1.85. The number of aryl methyl sites for hydroxylation is 1. The molecule has 7 nitrogen and oxygen atoms in total. The Kier molecular flexibility index (Phi) is 11.6. The monoisotopic (exact) mass is 532 g/mol. The van der Waals surface area contributed by atoms with Crippen molar-refractivity contribution in [2.24, 2.45) is 4.99 Å². The molecule has 9 heteroatoms. The summed E-state index contributed by atoms with van der Waals surface area (Å²) in [6.45, 7) is 3.89. The first-order valence-electron chi connectivity index (χ1n) is 9.20. The predicted octanol–water partition coefficient (Wildman–Crippen LogP) is 2.53. The smallest absolute Gasteiger partial charge is 0.240 e. The molecule has 0 aliphatic rings. The largest absolute Gasteiger partial charge is 0.494 e. The summed E-state index contributed by atoms with van der Waals surface area (Å²) < 4.78 is 32.6. The SMILES string of the molecule is CN=C(NCCCOc1ccccc1)NCCNS(=O)(=O)c1ccc(C)cc1.I. The van der Waals surface area contributed by atoms with E-state index in [0.29, 0.717) is 25.7 Å². The highest BCUT2D eigenvalue weighted by atomic mass is 127. The summed E-state index contributed by atoms with van der Waals surface area (Å²) in [6, 6.07) is 16.4. The van der Waals surface area contributed by atoms with E-state index in [1.165, 1.54) is 0 Å². The van der Waals surface area contributed by atoms with Crippen molar-refractivity contribution < 1.29 is 13.2 Å². The number of ether oxygens (including phenoxy) is 1. The van der Waals surface area contributed by atoms with Crippen LogP contribution in [0.3, 0.4) is 0 Å². The second-order valence-corrected chi connectivity index (χ2v) is 7.92. The Morgan fingerprint density at radius 1 is 0.966 bits per heavy atom. The van der Waals surface area contributed by atoms with Gasteiger partial charge in [0.2, 0.25) is 10.0 Å². The number of halogens is 1. The van der Waals surface area contributed by atoms with Crippen LogP contribution in [-0.4, -0.2) is 47.7 Å². The van der Waals surface area contributed by atoms with E-state index in [4.69, 9.17) is 4.74 Å². The van der Waals surface area contributed by atoms with Crippen molar-refractivity contribution in [2.45, 2.75) is 18.2 Å². The maximum atomic E-state index is 12.2. The zero-order valence-corrected chi connectivity index (χ0v) is 19.9. The van der Waals surface area contributed by atoms with Crippen molar-refractivity contribution >= 4 is 40.0 Å². The standard InChI is InChI=1S/C20H28N4O3S.HI/c1-17-9-11-19(12-10-17)28(25,26)24-15-14-23-20(21-2)22-13-6-16-27-18-7-4-3-5-8-18;/h3-5,7-12,24H,6,13-16H2,1-2H3,(H2,21,22,23);1H. The van der Waals surface area contributed by atoms with Crippen molar-refractivity contribution in [1.29, 1.82) is 0 Å². The van der Waals surface area contributed by atoms with Gasteiger partial charge in [-0.3, -0.25) is 4.99 Å². The molecule has 0 bridgehead atoms. The van der Waals surface area contributed by atoms with Gasteiger partial charge < -0.3 is 15.4 Å². The molecule has 0 unspecified atom stereocenters. The molecular formula is C20H29IN4O3S. The van der Waals surface area contributed by atoms with E-state index in [2.05, 4.69) is 20.3 Å². The summed E-state index contributed by atoms with van der Waals surface area (Å²) in [4.78, 5) is 4.39. The maximum Gasteiger partial charge on any atom is 0.240 e. The summed E-state index contributed by atoms with van der Waals surface area (Å²) in [5, 5.41) is 6.26. The minimum atomic E-state index is -3.50. The minimum Gasteiger partial charge on any atom is -0.494 e. The van der Waals surface area contributed by atoms with Gasteiger partial charge in [0.1, 0.15) is 5.75 Å². The first-order chi connectivity index (χ1) is 13.5. The normalized spacial score (nSPS) is 11.4. The average Bonchev–Trinajstić information content (AvgIpc) is 2.70. The van der Waals surface area contributed by atoms with Crippen LogP contribution >= 0.6 is 24.0 Å². The van der Waals surface area contributed by atoms with Gasteiger partial charge in [0, 0.05) is 26.7 Å². The van der Waals surface area contributed by atoms with Gasteiger partial charge in [-0.15, -0.1) is 24.0 Å². The highest BCUT2D eigenvalue weighted by Gasteiger charge is 2.12. The molecule has 0 radical (unpaired) electrons. The van der Waals surface area contributed by atoms with Crippen LogP contribution in [0.2, 0.25) is 0 Å². The molecular weight excluding hydrogens is 503 g/mol. The van der Waals surface area contributed by atoms with Crippen LogP contribution < -0.4 is 20.1 Å². The molecule has 0 aliphatic carbocycles. The van der Waals surface area contributed by atoms with E-state index in [0.717, 1.165) is 17.7 Å². The van der Waals surface area contributed by atoms with E-state index < -0.39 is 10.0 Å². The summed E-state index contributed by atoms with van der Waals surface area (Å²) in [5.41, 5.74) is 1.02. The topological polar surface area (TPSA) is 91.8 Å². The molecule has 0 aromatic heterocycles. The van der Waals surface area contributed by atoms with E-state index in [1.807, 2.05) is 37.3 Å². The van der Waals surface area contributed by atoms with Crippen LogP contribution in [0.25, 0.3) is 0 Å². The fourth-order valence-corrected chi connectivity index (χ4v) is 3.41. The van der Waals surface area contributed by atoms with Gasteiger partial charge in [-0.05, 0) is 37.6 Å². The van der Waals surface area contributed by atoms with Crippen molar-refractivity contribution in [3.63, 3.8) is 0 Å². The van der Waals surface area contributed by atoms with Gasteiger partial charge in [0.25, 0.3) is 0 Å². The van der Waals surface area contributed by atoms with Gasteiger partial charge >= 0.3 is 0 Å². The van der Waals surface area contributed by atoms with Crippen molar-refractivity contribution in [3.8, 4) is 5.75 Å². The summed E-state index contributed by atoms with van der Waals surface area (Å²) >= 11 is 0. The fraction of sp³-hybridized carbons (Fsp3) is 0.350. The Labute approximate surface area is 190 Å². The lowest BCUT2D eigenvalue weighted by Gasteiger charge is -2.13. The van der Waals surface area contributed by atoms with Crippen LogP contribution in [0.4, 0.5) is 0 Å². The van der Waals surface area contributed by atoms with Crippen LogP contribution in [-0.2, 0) is 10.0 Å². The zero-order valence-electron chi connectivity index (χ0n) is 16.7. The van der Waals surface area contributed by atoms with E-state index in [-0.39, 0.29) is 35.4 Å². The van der Waals surface area contributed by atoms with Crippen LogP contribution in [0.1, 0.15) is 12.0 Å². The molecule has 160 valence electrons. The molecule has 0 heterocycles. The number of sulfonamides is 1. The Bertz CT molecular complexity index is 844. The molecule has 0 spiro atoms. The highest BCUT2D eigenvalue weighted by Crippen LogP contribution is 2.09. The average molecular weight is 532 g/mol. The van der Waals surface area contributed by atoms with E-state index >= 15 is 0 Å². The molecule has 0 amide bonds. The molecule has 0 fully saturated rings. The number of rotatable bonds is 10. The highest BCUT2D eigenvalue weighted by molar-refractivity contribution is 14.0. The minimum absolute atomic E-state index is 0. The van der Waals surface area contributed by atoms with Crippen LogP contribution in [0, 0.1) is 6.92 Å². The number of hydrogen-bond donors (Lipinski definition) is 3. The molecule has 0 aliphatic heterocycles. The number of nitrogens with one attached hydrogen (secondary N) is 3. The first kappa shape index (κ1) is 25.2. The number of nitrogens with zero attached hydrogens (tertiary/aromatic N) is 1. The summed E-state index contributed by atoms with van der Waals surface area (Å²) in [6.07, 6.45) is 0.815. The first-order valence-corrected chi connectivity index (χ1v) is 10.7. The third kappa shape index (κ3) is 9.46. The lowest BCUT2D eigenvalue weighted by molar-refractivity contribution is 0.311. The zero-order chi connectivity index (χ0) is 20.2. The van der Waals surface area contributed by atoms with Crippen molar-refractivity contribution in [3.05, 3.63) is 60.2 Å².